The maximum absolute atomic E-state index is 13.3. The molecule has 0 fully saturated rings. The highest BCUT2D eigenvalue weighted by molar-refractivity contribution is 5.99. The molecule has 3 N–H and O–H groups in total. The van der Waals surface area contributed by atoms with Gasteiger partial charge in [0.15, 0.2) is 5.82 Å². The van der Waals surface area contributed by atoms with Crippen LogP contribution in [-0.4, -0.2) is 44.3 Å². The van der Waals surface area contributed by atoms with Crippen molar-refractivity contribution in [2.24, 2.45) is 0 Å². The molecule has 0 aromatic heterocycles. The molecule has 0 saturated carbocycles. The second-order valence-electron chi connectivity index (χ2n) is 4.17. The summed E-state index contributed by atoms with van der Waals surface area (Å²) in [6.07, 6.45) is -0.407. The van der Waals surface area contributed by atoms with Crippen LogP contribution >= 0.6 is 0 Å². The third-order valence-corrected chi connectivity index (χ3v) is 2.73. The third-order valence-electron chi connectivity index (χ3n) is 2.73. The van der Waals surface area contributed by atoms with Crippen molar-refractivity contribution in [1.29, 1.82) is 0 Å². The van der Waals surface area contributed by atoms with Gasteiger partial charge in [0.2, 0.25) is 0 Å². The number of nitrogens with one attached hydrogen (secondary N) is 1. The van der Waals surface area contributed by atoms with Gasteiger partial charge in [-0.3, -0.25) is 14.9 Å². The molecule has 0 saturated heterocycles. The van der Waals surface area contributed by atoms with Crippen LogP contribution in [0.15, 0.2) is 12.1 Å². The normalized spacial score (nSPS) is 12.0. The second kappa shape index (κ2) is 7.50. The van der Waals surface area contributed by atoms with Crippen molar-refractivity contribution in [2.45, 2.75) is 6.10 Å². The Morgan fingerprint density at radius 2 is 2.19 bits per heavy atom. The molecule has 116 valence electrons. The summed E-state index contributed by atoms with van der Waals surface area (Å²) in [6.45, 7) is 0.321. The topological polar surface area (TPSA) is 117 Å². The van der Waals surface area contributed by atoms with Crippen molar-refractivity contribution in [3.05, 3.63) is 33.6 Å². The van der Waals surface area contributed by atoms with Gasteiger partial charge in [-0.1, -0.05) is 0 Å². The molecular weight excluding hydrogens is 285 g/mol. The summed E-state index contributed by atoms with van der Waals surface area (Å²) >= 11 is 0. The maximum atomic E-state index is 13.3. The van der Waals surface area contributed by atoms with E-state index in [4.69, 9.17) is 15.2 Å². The van der Waals surface area contributed by atoms with E-state index in [1.165, 1.54) is 14.2 Å². The zero-order chi connectivity index (χ0) is 16.0. The molecule has 0 aliphatic carbocycles. The smallest absolute Gasteiger partial charge is 0.285 e. The zero-order valence-corrected chi connectivity index (χ0v) is 11.6. The molecule has 1 amide bonds. The third kappa shape index (κ3) is 4.36. The number of halogens is 1. The van der Waals surface area contributed by atoms with Crippen molar-refractivity contribution in [2.75, 3.05) is 33.1 Å². The van der Waals surface area contributed by atoms with E-state index in [2.05, 4.69) is 5.32 Å². The number of nitro benzene ring substituents is 1. The van der Waals surface area contributed by atoms with Gasteiger partial charge in [-0.05, 0) is 6.07 Å². The molecule has 0 aliphatic rings. The Balaban J connectivity index is 2.91. The molecule has 21 heavy (non-hydrogen) atoms. The minimum Gasteiger partial charge on any atom is -0.396 e. The highest BCUT2D eigenvalue weighted by Crippen LogP contribution is 2.24. The number of nitrogens with two attached hydrogens (primary N) is 1. The first kappa shape index (κ1) is 16.8. The second-order valence-corrected chi connectivity index (χ2v) is 4.17. The van der Waals surface area contributed by atoms with Crippen LogP contribution in [0.25, 0.3) is 0 Å². The molecule has 1 unspecified atom stereocenters. The van der Waals surface area contributed by atoms with E-state index in [1.54, 1.807) is 0 Å². The maximum Gasteiger partial charge on any atom is 0.285 e. The monoisotopic (exact) mass is 301 g/mol. The van der Waals surface area contributed by atoms with Crippen LogP contribution < -0.4 is 11.1 Å². The molecule has 1 aromatic carbocycles. The molecule has 0 bridgehead atoms. The number of anilines is 1. The lowest BCUT2D eigenvalue weighted by molar-refractivity contribution is -0.385. The van der Waals surface area contributed by atoms with E-state index in [0.717, 1.165) is 6.07 Å². The predicted molar refractivity (Wildman–Crippen MR) is 72.5 cm³/mol. The first-order valence-electron chi connectivity index (χ1n) is 5.94. The molecular formula is C12H16FN3O5. The highest BCUT2D eigenvalue weighted by Gasteiger charge is 2.23. The van der Waals surface area contributed by atoms with Crippen LogP contribution in [0.4, 0.5) is 15.8 Å². The Labute approximate surface area is 120 Å². The molecule has 1 rings (SSSR count). The fraction of sp³-hybridized carbons (Fsp3) is 0.417. The molecule has 0 radical (unpaired) electrons. The van der Waals surface area contributed by atoms with Gasteiger partial charge in [-0.2, -0.15) is 0 Å². The van der Waals surface area contributed by atoms with Crippen LogP contribution in [0, 0.1) is 15.9 Å². The van der Waals surface area contributed by atoms with Gasteiger partial charge in [-0.15, -0.1) is 0 Å². The summed E-state index contributed by atoms with van der Waals surface area (Å²) < 4.78 is 23.2. The molecule has 0 spiro atoms. The average molecular weight is 301 g/mol. The Morgan fingerprint density at radius 3 is 2.71 bits per heavy atom. The fourth-order valence-corrected chi connectivity index (χ4v) is 1.61. The van der Waals surface area contributed by atoms with Crippen molar-refractivity contribution in [3.8, 4) is 0 Å². The number of hydrogen-bond donors (Lipinski definition) is 2. The van der Waals surface area contributed by atoms with Crippen molar-refractivity contribution >= 4 is 17.3 Å². The Kier molecular flexibility index (Phi) is 6.00. The molecule has 1 atom stereocenters. The minimum atomic E-state index is -0.951. The number of carbonyl (C=O) groups excluding carboxylic acids is 1. The van der Waals surface area contributed by atoms with Gasteiger partial charge in [0, 0.05) is 20.8 Å². The lowest BCUT2D eigenvalue weighted by Gasteiger charge is -2.15. The Bertz CT molecular complexity index is 538. The number of rotatable bonds is 7. The van der Waals surface area contributed by atoms with Crippen LogP contribution in [0.1, 0.15) is 10.4 Å². The number of hydrogen-bond acceptors (Lipinski definition) is 6. The first-order valence-corrected chi connectivity index (χ1v) is 5.94. The standard InChI is InChI=1S/C12H16FN3O5/c1-20-6-7(21-2)5-15-12(17)8-3-10(14)9(13)4-11(8)16(18)19/h3-4,7H,5-6,14H2,1-2H3,(H,15,17). The van der Waals surface area contributed by atoms with Crippen LogP contribution in [0.3, 0.4) is 0 Å². The summed E-state index contributed by atoms with van der Waals surface area (Å²) in [4.78, 5) is 22.0. The number of nitrogens with zero attached hydrogens (tertiary/aromatic N) is 1. The quantitative estimate of drug-likeness (QED) is 0.435. The van der Waals surface area contributed by atoms with E-state index in [9.17, 15) is 19.3 Å². The molecule has 1 aromatic rings. The fourth-order valence-electron chi connectivity index (χ4n) is 1.61. The van der Waals surface area contributed by atoms with E-state index in [-0.39, 0.29) is 24.4 Å². The number of nitro groups is 1. The minimum absolute atomic E-state index is 0.0810. The number of amides is 1. The van der Waals surface area contributed by atoms with Gasteiger partial charge in [-0.25, -0.2) is 4.39 Å². The van der Waals surface area contributed by atoms with E-state index < -0.39 is 28.4 Å². The molecule has 9 heteroatoms. The van der Waals surface area contributed by atoms with Crippen molar-refractivity contribution in [1.82, 2.24) is 5.32 Å². The molecule has 0 aliphatic heterocycles. The van der Waals surface area contributed by atoms with Crippen molar-refractivity contribution in [3.63, 3.8) is 0 Å². The van der Waals surface area contributed by atoms with Crippen LogP contribution in [0.5, 0.6) is 0 Å². The largest absolute Gasteiger partial charge is 0.396 e. The van der Waals surface area contributed by atoms with Gasteiger partial charge in [0.1, 0.15) is 5.56 Å². The van der Waals surface area contributed by atoms with E-state index in [0.29, 0.717) is 6.07 Å². The highest BCUT2D eigenvalue weighted by atomic mass is 19.1. The predicted octanol–water partition coefficient (Wildman–Crippen LogP) is 0.707. The summed E-state index contributed by atoms with van der Waals surface area (Å²) in [5.41, 5.74) is 4.03. The number of carbonyl (C=O) groups is 1. The van der Waals surface area contributed by atoms with Gasteiger partial charge in [0.25, 0.3) is 11.6 Å². The van der Waals surface area contributed by atoms with Gasteiger partial charge >= 0.3 is 0 Å². The van der Waals surface area contributed by atoms with Crippen molar-refractivity contribution < 1.29 is 23.6 Å². The summed E-state index contributed by atoms with van der Waals surface area (Å²) in [6, 6.07) is 1.55. The number of nitrogen functional groups attached to an aromatic ring is 1. The first-order chi connectivity index (χ1) is 9.90. The molecule has 8 nitrogen and oxygen atoms in total. The van der Waals surface area contributed by atoms with Gasteiger partial charge in [0.05, 0.1) is 29.4 Å². The Hall–Kier alpha value is -2.26. The number of methoxy groups -OCH3 is 2. The lowest BCUT2D eigenvalue weighted by atomic mass is 10.1. The SMILES string of the molecule is COCC(CNC(=O)c1cc(N)c(F)cc1[N+](=O)[O-])OC. The number of ether oxygens (including phenoxy) is 2. The summed E-state index contributed by atoms with van der Waals surface area (Å²) in [5.74, 6) is -1.70. The van der Waals surface area contributed by atoms with Gasteiger partial charge < -0.3 is 20.5 Å². The number of benzene rings is 1. The lowest BCUT2D eigenvalue weighted by Crippen LogP contribution is -2.35. The Morgan fingerprint density at radius 1 is 1.52 bits per heavy atom. The summed E-state index contributed by atoms with van der Waals surface area (Å²) in [7, 11) is 2.91. The van der Waals surface area contributed by atoms with E-state index in [1.807, 2.05) is 0 Å². The summed E-state index contributed by atoms with van der Waals surface area (Å²) in [5, 5.41) is 13.3. The van der Waals surface area contributed by atoms with Crippen LogP contribution in [-0.2, 0) is 9.47 Å². The zero-order valence-electron chi connectivity index (χ0n) is 11.6. The average Bonchev–Trinajstić information content (AvgIpc) is 2.45. The van der Waals surface area contributed by atoms with E-state index >= 15 is 0 Å². The molecule has 0 heterocycles. The van der Waals surface area contributed by atoms with Crippen LogP contribution in [0.2, 0.25) is 0 Å².